The Kier molecular flexibility index (Phi) is 4.94. The van der Waals surface area contributed by atoms with Crippen molar-refractivity contribution in [1.82, 2.24) is 14.8 Å². The standard InChI is InChI=1S/C16H22N4O/c1-12-10-20(11-14(12)19(2)3)16(21)15-13(6-4-8-17)7-5-9-18-15/h5,7,9,12,14H,8,10-11,17H2,1-3H3. The molecule has 1 aliphatic rings. The molecule has 2 unspecified atom stereocenters. The molecule has 5 heteroatoms. The predicted molar refractivity (Wildman–Crippen MR) is 82.7 cm³/mol. The van der Waals surface area contributed by atoms with E-state index < -0.39 is 0 Å². The van der Waals surface area contributed by atoms with E-state index in [0.29, 0.717) is 23.2 Å². The summed E-state index contributed by atoms with van der Waals surface area (Å²) in [4.78, 5) is 21.0. The number of nitrogens with two attached hydrogens (primary N) is 1. The number of aromatic nitrogens is 1. The number of carbonyl (C=O) groups excluding carboxylic acids is 1. The van der Waals surface area contributed by atoms with E-state index in [1.54, 1.807) is 12.3 Å². The molecule has 0 aromatic carbocycles. The Balaban J connectivity index is 2.22. The number of likely N-dealkylation sites (tertiary alicyclic amines) is 1. The van der Waals surface area contributed by atoms with Crippen LogP contribution < -0.4 is 5.73 Å². The lowest BCUT2D eigenvalue weighted by Gasteiger charge is -2.22. The van der Waals surface area contributed by atoms with E-state index in [2.05, 4.69) is 28.6 Å². The van der Waals surface area contributed by atoms with Crippen LogP contribution in [-0.4, -0.2) is 60.5 Å². The number of hydrogen-bond acceptors (Lipinski definition) is 4. The van der Waals surface area contributed by atoms with Gasteiger partial charge in [0.25, 0.3) is 5.91 Å². The monoisotopic (exact) mass is 286 g/mol. The van der Waals surface area contributed by atoms with Gasteiger partial charge in [-0.05, 0) is 32.1 Å². The van der Waals surface area contributed by atoms with Gasteiger partial charge in [-0.15, -0.1) is 0 Å². The number of likely N-dealkylation sites (N-methyl/N-ethyl adjacent to an activating group) is 1. The molecular formula is C16H22N4O. The average molecular weight is 286 g/mol. The summed E-state index contributed by atoms with van der Waals surface area (Å²) in [6.07, 6.45) is 1.63. The molecule has 0 spiro atoms. The molecule has 2 atom stereocenters. The van der Waals surface area contributed by atoms with Crippen molar-refractivity contribution in [3.05, 3.63) is 29.6 Å². The molecule has 1 aromatic heterocycles. The van der Waals surface area contributed by atoms with Crippen LogP contribution in [0, 0.1) is 17.8 Å². The zero-order valence-electron chi connectivity index (χ0n) is 12.8. The maximum absolute atomic E-state index is 12.7. The first-order valence-corrected chi connectivity index (χ1v) is 7.14. The summed E-state index contributed by atoms with van der Waals surface area (Å²) in [5.74, 6) is 6.11. The molecule has 2 rings (SSSR count). The van der Waals surface area contributed by atoms with E-state index in [9.17, 15) is 4.79 Å². The van der Waals surface area contributed by atoms with Crippen molar-refractivity contribution in [3.63, 3.8) is 0 Å². The first-order chi connectivity index (χ1) is 10.0. The maximum atomic E-state index is 12.7. The van der Waals surface area contributed by atoms with Crippen molar-refractivity contribution in [1.29, 1.82) is 0 Å². The highest BCUT2D eigenvalue weighted by molar-refractivity contribution is 5.95. The zero-order chi connectivity index (χ0) is 15.4. The van der Waals surface area contributed by atoms with Gasteiger partial charge in [-0.25, -0.2) is 4.98 Å². The number of amides is 1. The van der Waals surface area contributed by atoms with Crippen LogP contribution in [-0.2, 0) is 0 Å². The summed E-state index contributed by atoms with van der Waals surface area (Å²) in [7, 11) is 4.10. The van der Waals surface area contributed by atoms with Crippen LogP contribution in [0.5, 0.6) is 0 Å². The van der Waals surface area contributed by atoms with E-state index in [1.807, 2.05) is 25.1 Å². The molecule has 1 saturated heterocycles. The van der Waals surface area contributed by atoms with Crippen LogP contribution in [0.25, 0.3) is 0 Å². The normalized spacial score (nSPS) is 21.3. The van der Waals surface area contributed by atoms with Gasteiger partial charge in [0, 0.05) is 25.3 Å². The first-order valence-electron chi connectivity index (χ1n) is 7.14. The Morgan fingerprint density at radius 3 is 2.90 bits per heavy atom. The van der Waals surface area contributed by atoms with Gasteiger partial charge in [-0.2, -0.15) is 0 Å². The Morgan fingerprint density at radius 1 is 1.52 bits per heavy atom. The Hall–Kier alpha value is -1.90. The van der Waals surface area contributed by atoms with Crippen LogP contribution in [0.15, 0.2) is 18.3 Å². The Labute approximate surface area is 126 Å². The van der Waals surface area contributed by atoms with E-state index in [-0.39, 0.29) is 12.5 Å². The molecule has 0 radical (unpaired) electrons. The van der Waals surface area contributed by atoms with Crippen LogP contribution in [0.3, 0.4) is 0 Å². The molecule has 0 saturated carbocycles. The van der Waals surface area contributed by atoms with Gasteiger partial charge in [-0.1, -0.05) is 18.8 Å². The molecular weight excluding hydrogens is 264 g/mol. The number of carbonyl (C=O) groups is 1. The van der Waals surface area contributed by atoms with Gasteiger partial charge in [0.05, 0.1) is 12.1 Å². The van der Waals surface area contributed by atoms with Gasteiger partial charge in [0.2, 0.25) is 0 Å². The number of rotatable bonds is 2. The van der Waals surface area contributed by atoms with Gasteiger partial charge >= 0.3 is 0 Å². The summed E-state index contributed by atoms with van der Waals surface area (Å²) in [6, 6.07) is 3.98. The van der Waals surface area contributed by atoms with Gasteiger partial charge in [0.15, 0.2) is 0 Å². The third-order valence-electron chi connectivity index (χ3n) is 3.86. The summed E-state index contributed by atoms with van der Waals surface area (Å²) >= 11 is 0. The minimum Gasteiger partial charge on any atom is -0.335 e. The summed E-state index contributed by atoms with van der Waals surface area (Å²) < 4.78 is 0. The van der Waals surface area contributed by atoms with E-state index >= 15 is 0 Å². The lowest BCUT2D eigenvalue weighted by Crippen LogP contribution is -2.36. The fourth-order valence-corrected chi connectivity index (χ4v) is 2.76. The minimum atomic E-state index is -0.0480. The van der Waals surface area contributed by atoms with Crippen molar-refractivity contribution >= 4 is 5.91 Å². The summed E-state index contributed by atoms with van der Waals surface area (Å²) in [5, 5.41) is 0. The molecule has 112 valence electrons. The molecule has 21 heavy (non-hydrogen) atoms. The SMILES string of the molecule is CC1CN(C(=O)c2ncccc2C#CCN)CC1N(C)C. The smallest absolute Gasteiger partial charge is 0.273 e. The zero-order valence-corrected chi connectivity index (χ0v) is 12.8. The molecule has 0 aliphatic carbocycles. The van der Waals surface area contributed by atoms with Crippen molar-refractivity contribution in [3.8, 4) is 11.8 Å². The van der Waals surface area contributed by atoms with Crippen molar-refractivity contribution in [2.24, 2.45) is 11.7 Å². The third-order valence-corrected chi connectivity index (χ3v) is 3.86. The second kappa shape index (κ2) is 6.70. The number of pyridine rings is 1. The lowest BCUT2D eigenvalue weighted by molar-refractivity contribution is 0.0775. The lowest BCUT2D eigenvalue weighted by atomic mass is 10.1. The van der Waals surface area contributed by atoms with Crippen molar-refractivity contribution < 1.29 is 4.79 Å². The van der Waals surface area contributed by atoms with Gasteiger partial charge in [0.1, 0.15) is 5.69 Å². The quantitative estimate of drug-likeness (QED) is 0.800. The number of hydrogen-bond donors (Lipinski definition) is 1. The van der Waals surface area contributed by atoms with Crippen LogP contribution in [0.2, 0.25) is 0 Å². The highest BCUT2D eigenvalue weighted by Crippen LogP contribution is 2.22. The van der Waals surface area contributed by atoms with Crippen LogP contribution in [0.4, 0.5) is 0 Å². The van der Waals surface area contributed by atoms with Gasteiger partial charge in [-0.3, -0.25) is 4.79 Å². The molecule has 1 fully saturated rings. The van der Waals surface area contributed by atoms with E-state index in [0.717, 1.165) is 13.1 Å². The molecule has 1 aliphatic heterocycles. The fourth-order valence-electron chi connectivity index (χ4n) is 2.76. The topological polar surface area (TPSA) is 62.5 Å². The largest absolute Gasteiger partial charge is 0.335 e. The van der Waals surface area contributed by atoms with Crippen molar-refractivity contribution in [2.75, 3.05) is 33.7 Å². The van der Waals surface area contributed by atoms with E-state index in [1.165, 1.54) is 0 Å². The fraction of sp³-hybridized carbons (Fsp3) is 0.500. The van der Waals surface area contributed by atoms with Crippen LogP contribution >= 0.6 is 0 Å². The third kappa shape index (κ3) is 3.41. The van der Waals surface area contributed by atoms with Crippen molar-refractivity contribution in [2.45, 2.75) is 13.0 Å². The summed E-state index contributed by atoms with van der Waals surface area (Å²) in [5.41, 5.74) is 6.47. The minimum absolute atomic E-state index is 0.0480. The molecule has 2 N–H and O–H groups in total. The molecule has 2 heterocycles. The first kappa shape index (κ1) is 15.5. The second-order valence-corrected chi connectivity index (χ2v) is 5.62. The van der Waals surface area contributed by atoms with Crippen LogP contribution in [0.1, 0.15) is 23.0 Å². The highest BCUT2D eigenvalue weighted by atomic mass is 16.2. The molecule has 1 aromatic rings. The summed E-state index contributed by atoms with van der Waals surface area (Å²) in [6.45, 7) is 3.92. The Bertz CT molecular complexity index is 573. The van der Waals surface area contributed by atoms with Gasteiger partial charge < -0.3 is 15.5 Å². The number of nitrogens with zero attached hydrogens (tertiary/aromatic N) is 3. The maximum Gasteiger partial charge on any atom is 0.273 e. The second-order valence-electron chi connectivity index (χ2n) is 5.62. The predicted octanol–water partition coefficient (Wildman–Crippen LogP) is 0.414. The molecule has 0 bridgehead atoms. The van der Waals surface area contributed by atoms with E-state index in [4.69, 9.17) is 5.73 Å². The Morgan fingerprint density at radius 2 is 2.29 bits per heavy atom. The average Bonchev–Trinajstić information content (AvgIpc) is 2.87. The molecule has 1 amide bonds. The molecule has 5 nitrogen and oxygen atoms in total. The highest BCUT2D eigenvalue weighted by Gasteiger charge is 2.34.